The summed E-state index contributed by atoms with van der Waals surface area (Å²) in [4.78, 5) is 10.3. The smallest absolute Gasteiger partial charge is 0.295 e. The number of hydrogen-bond donors (Lipinski definition) is 1. The third-order valence-corrected chi connectivity index (χ3v) is 2.91. The summed E-state index contributed by atoms with van der Waals surface area (Å²) in [7, 11) is 1.31. The lowest BCUT2D eigenvalue weighted by Crippen LogP contribution is -2.09. The molecule has 1 aromatic heterocycles. The molecule has 8 heteroatoms. The van der Waals surface area contributed by atoms with E-state index in [1.807, 2.05) is 12.3 Å². The quantitative estimate of drug-likeness (QED) is 0.482. The van der Waals surface area contributed by atoms with Crippen molar-refractivity contribution in [3.8, 4) is 5.75 Å². The Labute approximate surface area is 120 Å². The molecule has 0 fully saturated rings. The number of nitrogens with zero attached hydrogens (tertiary/aromatic N) is 3. The van der Waals surface area contributed by atoms with Crippen molar-refractivity contribution in [3.05, 3.63) is 46.5 Å². The van der Waals surface area contributed by atoms with E-state index < -0.39 is 10.7 Å². The highest BCUT2D eigenvalue weighted by Crippen LogP contribution is 2.31. The predicted molar refractivity (Wildman–Crippen MR) is 74.9 cm³/mol. The SMILES string of the molecule is COc1cc(NCCCn2cccn2)c([N+](=O)[O-])cc1F. The number of nitro groups is 1. The number of halogens is 1. The second-order valence-corrected chi connectivity index (χ2v) is 4.31. The molecule has 1 heterocycles. The summed E-state index contributed by atoms with van der Waals surface area (Å²) in [6.45, 7) is 1.18. The van der Waals surface area contributed by atoms with Crippen molar-refractivity contribution < 1.29 is 14.1 Å². The maximum atomic E-state index is 13.5. The average molecular weight is 294 g/mol. The van der Waals surface area contributed by atoms with Crippen molar-refractivity contribution in [2.75, 3.05) is 19.0 Å². The minimum absolute atomic E-state index is 0.0322. The van der Waals surface area contributed by atoms with Crippen molar-refractivity contribution in [1.82, 2.24) is 9.78 Å². The van der Waals surface area contributed by atoms with Crippen LogP contribution in [-0.2, 0) is 6.54 Å². The summed E-state index contributed by atoms with van der Waals surface area (Å²) >= 11 is 0. The molecular formula is C13H15FN4O3. The van der Waals surface area contributed by atoms with Gasteiger partial charge in [0.15, 0.2) is 11.6 Å². The van der Waals surface area contributed by atoms with Gasteiger partial charge in [0, 0.05) is 31.5 Å². The molecule has 21 heavy (non-hydrogen) atoms. The lowest BCUT2D eigenvalue weighted by molar-refractivity contribution is -0.384. The van der Waals surface area contributed by atoms with Gasteiger partial charge < -0.3 is 10.1 Å². The Morgan fingerprint density at radius 1 is 1.52 bits per heavy atom. The molecule has 1 aromatic carbocycles. The number of aryl methyl sites for hydroxylation is 1. The molecule has 0 saturated heterocycles. The van der Waals surface area contributed by atoms with Gasteiger partial charge in [0.05, 0.1) is 18.1 Å². The molecule has 0 spiro atoms. The molecule has 0 radical (unpaired) electrons. The van der Waals surface area contributed by atoms with E-state index in [0.717, 1.165) is 12.5 Å². The van der Waals surface area contributed by atoms with Gasteiger partial charge in [0.25, 0.3) is 5.69 Å². The molecule has 2 aromatic rings. The number of nitro benzene ring substituents is 1. The van der Waals surface area contributed by atoms with Gasteiger partial charge in [0.2, 0.25) is 0 Å². The van der Waals surface area contributed by atoms with Crippen LogP contribution in [0.1, 0.15) is 6.42 Å². The molecule has 112 valence electrons. The molecule has 0 unspecified atom stereocenters. The van der Waals surface area contributed by atoms with Crippen molar-refractivity contribution in [2.45, 2.75) is 13.0 Å². The maximum absolute atomic E-state index is 13.5. The average Bonchev–Trinajstić information content (AvgIpc) is 2.97. The Balaban J connectivity index is 2.02. The van der Waals surface area contributed by atoms with Crippen LogP contribution in [0.2, 0.25) is 0 Å². The molecular weight excluding hydrogens is 279 g/mol. The number of aromatic nitrogens is 2. The molecule has 0 aliphatic heterocycles. The number of nitrogens with one attached hydrogen (secondary N) is 1. The zero-order valence-corrected chi connectivity index (χ0v) is 11.5. The van der Waals surface area contributed by atoms with Crippen LogP contribution in [0.4, 0.5) is 15.8 Å². The summed E-state index contributed by atoms with van der Waals surface area (Å²) in [5.41, 5.74) is -0.0777. The van der Waals surface area contributed by atoms with Crippen LogP contribution >= 0.6 is 0 Å². The Hall–Kier alpha value is -2.64. The number of anilines is 1. The highest BCUT2D eigenvalue weighted by Gasteiger charge is 2.18. The van der Waals surface area contributed by atoms with Crippen LogP contribution in [0.3, 0.4) is 0 Å². The molecule has 0 atom stereocenters. The van der Waals surface area contributed by atoms with Crippen LogP contribution in [0.25, 0.3) is 0 Å². The second kappa shape index (κ2) is 6.69. The number of hydrogen-bond acceptors (Lipinski definition) is 5. The molecule has 2 rings (SSSR count). The standard InChI is InChI=1S/C13H15FN4O3/c1-21-13-9-11(12(18(19)20)8-10(13)14)15-4-2-6-17-7-3-5-16-17/h3,5,7-9,15H,2,4,6H2,1H3. The first-order chi connectivity index (χ1) is 10.1. The molecule has 0 amide bonds. The summed E-state index contributed by atoms with van der Waals surface area (Å²) in [5.74, 6) is -0.790. The van der Waals surface area contributed by atoms with Crippen molar-refractivity contribution in [1.29, 1.82) is 0 Å². The molecule has 1 N–H and O–H groups in total. The van der Waals surface area contributed by atoms with Crippen LogP contribution in [-0.4, -0.2) is 28.4 Å². The van der Waals surface area contributed by atoms with E-state index in [9.17, 15) is 14.5 Å². The molecule has 0 aliphatic rings. The Bertz CT molecular complexity index is 616. The van der Waals surface area contributed by atoms with Gasteiger partial charge in [-0.3, -0.25) is 14.8 Å². The highest BCUT2D eigenvalue weighted by molar-refractivity contribution is 5.64. The van der Waals surface area contributed by atoms with Crippen molar-refractivity contribution in [2.24, 2.45) is 0 Å². The predicted octanol–water partition coefficient (Wildman–Crippen LogP) is 2.44. The Morgan fingerprint density at radius 3 is 2.95 bits per heavy atom. The minimum atomic E-state index is -0.758. The van der Waals surface area contributed by atoms with Crippen LogP contribution in [0.15, 0.2) is 30.6 Å². The number of methoxy groups -OCH3 is 1. The van der Waals surface area contributed by atoms with Gasteiger partial charge in [-0.25, -0.2) is 4.39 Å². The summed E-state index contributed by atoms with van der Waals surface area (Å²) < 4.78 is 20.1. The zero-order valence-electron chi connectivity index (χ0n) is 11.5. The van der Waals surface area contributed by atoms with Crippen LogP contribution < -0.4 is 10.1 Å². The Morgan fingerprint density at radius 2 is 2.33 bits per heavy atom. The van der Waals surface area contributed by atoms with E-state index in [1.165, 1.54) is 13.2 Å². The summed E-state index contributed by atoms with van der Waals surface area (Å²) in [6.07, 6.45) is 4.24. The fourth-order valence-corrected chi connectivity index (χ4v) is 1.89. The lowest BCUT2D eigenvalue weighted by Gasteiger charge is -2.09. The highest BCUT2D eigenvalue weighted by atomic mass is 19.1. The van der Waals surface area contributed by atoms with Gasteiger partial charge in [-0.1, -0.05) is 0 Å². The fraction of sp³-hybridized carbons (Fsp3) is 0.308. The monoisotopic (exact) mass is 294 g/mol. The van der Waals surface area contributed by atoms with E-state index in [1.54, 1.807) is 10.9 Å². The van der Waals surface area contributed by atoms with Gasteiger partial charge in [0.1, 0.15) is 5.69 Å². The number of ether oxygens (including phenoxy) is 1. The van der Waals surface area contributed by atoms with Gasteiger partial charge in [-0.2, -0.15) is 5.10 Å². The van der Waals surface area contributed by atoms with Crippen LogP contribution in [0, 0.1) is 15.9 Å². The largest absolute Gasteiger partial charge is 0.494 e. The second-order valence-electron chi connectivity index (χ2n) is 4.31. The van der Waals surface area contributed by atoms with Crippen molar-refractivity contribution >= 4 is 11.4 Å². The third kappa shape index (κ3) is 3.68. The minimum Gasteiger partial charge on any atom is -0.494 e. The van der Waals surface area contributed by atoms with Gasteiger partial charge in [-0.15, -0.1) is 0 Å². The van der Waals surface area contributed by atoms with E-state index in [2.05, 4.69) is 10.4 Å². The van der Waals surface area contributed by atoms with Crippen LogP contribution in [0.5, 0.6) is 5.75 Å². The maximum Gasteiger partial charge on any atom is 0.295 e. The number of benzene rings is 1. The first-order valence-corrected chi connectivity index (χ1v) is 6.35. The van der Waals surface area contributed by atoms with E-state index in [0.29, 0.717) is 13.1 Å². The van der Waals surface area contributed by atoms with E-state index in [4.69, 9.17) is 4.74 Å². The molecule has 7 nitrogen and oxygen atoms in total. The first kappa shape index (κ1) is 14.8. The third-order valence-electron chi connectivity index (χ3n) is 2.91. The van der Waals surface area contributed by atoms with E-state index in [-0.39, 0.29) is 17.1 Å². The fourth-order valence-electron chi connectivity index (χ4n) is 1.89. The summed E-state index contributed by atoms with van der Waals surface area (Å²) in [6, 6.07) is 3.97. The molecule has 0 saturated carbocycles. The summed E-state index contributed by atoms with van der Waals surface area (Å²) in [5, 5.41) is 17.9. The van der Waals surface area contributed by atoms with E-state index >= 15 is 0 Å². The van der Waals surface area contributed by atoms with Gasteiger partial charge >= 0.3 is 0 Å². The lowest BCUT2D eigenvalue weighted by atomic mass is 10.2. The van der Waals surface area contributed by atoms with Crippen molar-refractivity contribution in [3.63, 3.8) is 0 Å². The zero-order chi connectivity index (χ0) is 15.2. The Kier molecular flexibility index (Phi) is 4.70. The first-order valence-electron chi connectivity index (χ1n) is 6.35. The topological polar surface area (TPSA) is 82.2 Å². The number of rotatable bonds is 7. The van der Waals surface area contributed by atoms with Gasteiger partial charge in [-0.05, 0) is 12.5 Å². The normalized spacial score (nSPS) is 10.4. The molecule has 0 bridgehead atoms. The molecule has 0 aliphatic carbocycles.